The Morgan fingerprint density at radius 2 is 1.93 bits per heavy atom. The molecule has 0 bridgehead atoms. The van der Waals surface area contributed by atoms with E-state index >= 15 is 4.39 Å². The number of nitrogens with one attached hydrogen (secondary N) is 1. The topological polar surface area (TPSA) is 149 Å². The fourth-order valence-corrected chi connectivity index (χ4v) is 5.84. The van der Waals surface area contributed by atoms with E-state index in [9.17, 15) is 15.2 Å². The monoisotopic (exact) mass is 632 g/mol. The summed E-state index contributed by atoms with van der Waals surface area (Å²) in [6.45, 7) is 5.52. The van der Waals surface area contributed by atoms with Gasteiger partial charge in [0.05, 0.1) is 38.0 Å². The number of carbonyl (C=O) groups excluding carboxylic acids is 1. The Kier molecular flexibility index (Phi) is 9.84. The number of methoxy groups -OCH3 is 1. The number of aliphatic hydroxyl groups excluding tert-OH is 1. The largest absolute Gasteiger partial charge is 0.486 e. The zero-order valence-electron chi connectivity index (χ0n) is 25.6. The Morgan fingerprint density at radius 3 is 2.61 bits per heavy atom. The van der Waals surface area contributed by atoms with Gasteiger partial charge in [-0.25, -0.2) is 14.4 Å². The van der Waals surface area contributed by atoms with Crippen molar-refractivity contribution in [2.45, 2.75) is 30.8 Å². The van der Waals surface area contributed by atoms with E-state index in [1.165, 1.54) is 18.3 Å². The van der Waals surface area contributed by atoms with Gasteiger partial charge in [-0.05, 0) is 42.5 Å². The predicted molar refractivity (Wildman–Crippen MR) is 166 cm³/mol. The van der Waals surface area contributed by atoms with Crippen molar-refractivity contribution in [2.75, 3.05) is 76.4 Å². The molecule has 3 aromatic rings. The summed E-state index contributed by atoms with van der Waals surface area (Å²) >= 11 is 0. The van der Waals surface area contributed by atoms with E-state index in [1.807, 2.05) is 12.1 Å². The molecule has 0 unspecified atom stereocenters. The van der Waals surface area contributed by atoms with Gasteiger partial charge in [0.25, 0.3) is 5.91 Å². The van der Waals surface area contributed by atoms with E-state index in [1.54, 1.807) is 18.2 Å². The zero-order valence-corrected chi connectivity index (χ0v) is 25.6. The SMILES string of the molecule is COC[C@H](O)C(=O)N1CC[C@H](Oc2ccc(-c3ncnc(Nc4ccc(N5CCN(C6COC6)CC5)cc4)n3)cc2C#N)[C@@H](F)C1. The average Bonchev–Trinajstić information content (AvgIpc) is 3.05. The van der Waals surface area contributed by atoms with Gasteiger partial charge in [-0.3, -0.25) is 9.69 Å². The average molecular weight is 633 g/mol. The summed E-state index contributed by atoms with van der Waals surface area (Å²) in [7, 11) is 1.37. The van der Waals surface area contributed by atoms with Crippen molar-refractivity contribution in [3.63, 3.8) is 0 Å². The Balaban J connectivity index is 1.06. The molecular formula is C32H37FN8O5. The van der Waals surface area contributed by atoms with Crippen LogP contribution in [0.5, 0.6) is 5.75 Å². The van der Waals surface area contributed by atoms with Crippen molar-refractivity contribution in [2.24, 2.45) is 0 Å². The summed E-state index contributed by atoms with van der Waals surface area (Å²) in [6.07, 6.45) is -2.09. The number of hydrogen-bond donors (Lipinski definition) is 2. The summed E-state index contributed by atoms with van der Waals surface area (Å²) in [5.41, 5.74) is 2.76. The van der Waals surface area contributed by atoms with Gasteiger partial charge in [-0.1, -0.05) is 0 Å². The molecular weight excluding hydrogens is 595 g/mol. The van der Waals surface area contributed by atoms with Gasteiger partial charge < -0.3 is 34.4 Å². The van der Waals surface area contributed by atoms with Crippen LogP contribution in [-0.2, 0) is 14.3 Å². The molecule has 3 fully saturated rings. The highest BCUT2D eigenvalue weighted by Gasteiger charge is 2.35. The summed E-state index contributed by atoms with van der Waals surface area (Å²) in [4.78, 5) is 31.5. The zero-order chi connectivity index (χ0) is 32.0. The molecule has 1 amide bonds. The highest BCUT2D eigenvalue weighted by Crippen LogP contribution is 2.29. The summed E-state index contributed by atoms with van der Waals surface area (Å²) in [5.74, 6) is 0.351. The number of nitriles is 1. The quantitative estimate of drug-likeness (QED) is 0.337. The molecule has 0 radical (unpaired) electrons. The number of hydrogen-bond acceptors (Lipinski definition) is 12. The second-order valence-corrected chi connectivity index (χ2v) is 11.6. The third-order valence-corrected chi connectivity index (χ3v) is 8.55. The van der Waals surface area contributed by atoms with Gasteiger partial charge in [-0.2, -0.15) is 10.2 Å². The molecule has 3 saturated heterocycles. The first-order chi connectivity index (χ1) is 22.4. The normalized spacial score (nSPS) is 21.3. The molecule has 0 spiro atoms. The Bertz CT molecular complexity index is 1540. The van der Waals surface area contributed by atoms with E-state index in [2.05, 4.69) is 48.3 Å². The smallest absolute Gasteiger partial charge is 0.253 e. The van der Waals surface area contributed by atoms with E-state index < -0.39 is 24.3 Å². The number of ether oxygens (including phenoxy) is 3. The summed E-state index contributed by atoms with van der Waals surface area (Å²) in [6, 6.07) is 15.7. The number of aromatic nitrogens is 3. The summed E-state index contributed by atoms with van der Waals surface area (Å²) < 4.78 is 31.1. The fraction of sp³-hybridized carbons (Fsp3) is 0.469. The molecule has 3 aliphatic rings. The van der Waals surface area contributed by atoms with Gasteiger partial charge in [0.2, 0.25) is 5.95 Å². The third kappa shape index (κ3) is 7.18. The second kappa shape index (κ2) is 14.3. The highest BCUT2D eigenvalue weighted by atomic mass is 19.1. The van der Waals surface area contributed by atoms with Crippen LogP contribution in [-0.4, -0.2) is 126 Å². The molecule has 1 aromatic heterocycles. The first kappa shape index (κ1) is 31.6. The van der Waals surface area contributed by atoms with Crippen LogP contribution < -0.4 is 15.0 Å². The molecule has 3 aliphatic heterocycles. The van der Waals surface area contributed by atoms with Crippen LogP contribution >= 0.6 is 0 Å². The van der Waals surface area contributed by atoms with Crippen LogP contribution in [0, 0.1) is 11.3 Å². The number of carbonyl (C=O) groups is 1. The lowest BCUT2D eigenvalue weighted by atomic mass is 10.0. The van der Waals surface area contributed by atoms with Gasteiger partial charge in [-0.15, -0.1) is 0 Å². The first-order valence-corrected chi connectivity index (χ1v) is 15.4. The lowest BCUT2D eigenvalue weighted by Crippen LogP contribution is -2.56. The molecule has 14 heteroatoms. The number of nitrogens with zero attached hydrogens (tertiary/aromatic N) is 7. The minimum Gasteiger partial charge on any atom is -0.486 e. The van der Waals surface area contributed by atoms with E-state index in [0.717, 1.165) is 50.8 Å². The van der Waals surface area contributed by atoms with Gasteiger partial charge in [0.1, 0.15) is 24.3 Å². The van der Waals surface area contributed by atoms with Crippen molar-refractivity contribution in [1.82, 2.24) is 24.8 Å². The second-order valence-electron chi connectivity index (χ2n) is 11.6. The number of halogens is 1. The van der Waals surface area contributed by atoms with E-state index in [0.29, 0.717) is 23.4 Å². The molecule has 3 atom stereocenters. The molecule has 13 nitrogen and oxygen atoms in total. The number of alkyl halides is 1. The lowest BCUT2D eigenvalue weighted by Gasteiger charge is -2.43. The molecule has 2 N–H and O–H groups in total. The van der Waals surface area contributed by atoms with Gasteiger partial charge in [0.15, 0.2) is 18.1 Å². The van der Waals surface area contributed by atoms with Crippen LogP contribution in [0.15, 0.2) is 48.8 Å². The first-order valence-electron chi connectivity index (χ1n) is 15.4. The maximum Gasteiger partial charge on any atom is 0.253 e. The van der Waals surface area contributed by atoms with Crippen LogP contribution in [0.25, 0.3) is 11.4 Å². The van der Waals surface area contributed by atoms with Crippen molar-refractivity contribution in [1.29, 1.82) is 5.26 Å². The minimum absolute atomic E-state index is 0.161. The molecule has 6 rings (SSSR count). The van der Waals surface area contributed by atoms with Gasteiger partial charge in [0, 0.05) is 63.2 Å². The maximum atomic E-state index is 15.0. The van der Waals surface area contributed by atoms with Crippen molar-refractivity contribution in [3.8, 4) is 23.2 Å². The van der Waals surface area contributed by atoms with Gasteiger partial charge >= 0.3 is 0 Å². The Labute approximate surface area is 266 Å². The van der Waals surface area contributed by atoms with Crippen molar-refractivity contribution < 1.29 is 28.5 Å². The van der Waals surface area contributed by atoms with E-state index in [-0.39, 0.29) is 37.4 Å². The lowest BCUT2D eigenvalue weighted by molar-refractivity contribution is -0.146. The predicted octanol–water partition coefficient (Wildman–Crippen LogP) is 2.00. The van der Waals surface area contributed by atoms with Crippen molar-refractivity contribution in [3.05, 3.63) is 54.4 Å². The number of rotatable bonds is 10. The highest BCUT2D eigenvalue weighted by molar-refractivity contribution is 5.81. The third-order valence-electron chi connectivity index (χ3n) is 8.55. The molecule has 0 aliphatic carbocycles. The molecule has 4 heterocycles. The van der Waals surface area contributed by atoms with Crippen LogP contribution in [0.2, 0.25) is 0 Å². The number of anilines is 3. The molecule has 2 aromatic carbocycles. The molecule has 0 saturated carbocycles. The van der Waals surface area contributed by atoms with E-state index in [4.69, 9.17) is 14.2 Å². The number of amides is 1. The Morgan fingerprint density at radius 1 is 1.15 bits per heavy atom. The molecule has 242 valence electrons. The van der Waals surface area contributed by atoms with Crippen LogP contribution in [0.3, 0.4) is 0 Å². The van der Waals surface area contributed by atoms with Crippen LogP contribution in [0.1, 0.15) is 12.0 Å². The maximum absolute atomic E-state index is 15.0. The Hall–Kier alpha value is -4.42. The molecule has 46 heavy (non-hydrogen) atoms. The number of piperazine rings is 1. The fourth-order valence-electron chi connectivity index (χ4n) is 5.84. The number of likely N-dealkylation sites (tertiary alicyclic amines) is 1. The standard InChI is InChI=1S/C32H37FN8O5/c1-44-19-27(42)31(43)41-9-8-29(26(33)16-41)46-28-7-2-21(14-22(28)15-34)30-35-20-36-32(38-30)37-23-3-5-24(6-4-23)39-10-12-40(13-11-39)25-17-45-18-25/h2-7,14,20,25-27,29,42H,8-13,16-19H2,1H3,(H,35,36,37,38)/t26-,27-,29-/m0/s1. The minimum atomic E-state index is -1.50. The van der Waals surface area contributed by atoms with Crippen molar-refractivity contribution >= 4 is 23.2 Å². The summed E-state index contributed by atoms with van der Waals surface area (Å²) in [5, 5.41) is 22.9. The van der Waals surface area contributed by atoms with Crippen LogP contribution in [0.4, 0.5) is 21.7 Å². The number of piperidine rings is 1. The number of aliphatic hydroxyl groups is 1. The number of benzene rings is 2.